The number of aliphatic imine (C=N–C) groups is 1. The summed E-state index contributed by atoms with van der Waals surface area (Å²) < 4.78 is 16.6. The van der Waals surface area contributed by atoms with Gasteiger partial charge in [0.25, 0.3) is 0 Å². The van der Waals surface area contributed by atoms with Crippen LogP contribution < -0.4 is 20.1 Å². The molecule has 1 saturated heterocycles. The zero-order chi connectivity index (χ0) is 21.2. The molecule has 0 amide bonds. The van der Waals surface area contributed by atoms with E-state index in [1.807, 2.05) is 31.2 Å². The van der Waals surface area contributed by atoms with Crippen LogP contribution in [0, 0.1) is 0 Å². The second kappa shape index (κ2) is 13.4. The highest BCUT2D eigenvalue weighted by Crippen LogP contribution is 2.30. The number of morpholine rings is 1. The van der Waals surface area contributed by atoms with Crippen molar-refractivity contribution in [2.24, 2.45) is 4.99 Å². The molecule has 0 radical (unpaired) electrons. The first kappa shape index (κ1) is 25.2. The standard InChI is InChI=1S/C23H32N4O3.HI/c1-4-30-22-16-19(10-11-21(22)28-3)26-23(24-2)25-17-20(18-8-6-5-7-9-18)27-12-14-29-15-13-27;/h5-11,16,20H,4,12-15,17H2,1-3H3,(H2,24,25,26);1H. The number of rotatable bonds is 8. The summed E-state index contributed by atoms with van der Waals surface area (Å²) in [4.78, 5) is 6.85. The van der Waals surface area contributed by atoms with Gasteiger partial charge in [0, 0.05) is 38.4 Å². The van der Waals surface area contributed by atoms with E-state index in [9.17, 15) is 0 Å². The summed E-state index contributed by atoms with van der Waals surface area (Å²) in [6.07, 6.45) is 0. The number of guanidine groups is 1. The Hall–Kier alpha value is -2.04. The molecule has 1 heterocycles. The third-order valence-electron chi connectivity index (χ3n) is 5.08. The maximum absolute atomic E-state index is 5.68. The Kier molecular flexibility index (Phi) is 10.9. The van der Waals surface area contributed by atoms with Crippen molar-refractivity contribution < 1.29 is 14.2 Å². The third-order valence-corrected chi connectivity index (χ3v) is 5.08. The molecule has 0 spiro atoms. The van der Waals surface area contributed by atoms with Crippen LogP contribution in [0.15, 0.2) is 53.5 Å². The molecule has 2 N–H and O–H groups in total. The van der Waals surface area contributed by atoms with Gasteiger partial charge in [0.2, 0.25) is 0 Å². The van der Waals surface area contributed by atoms with Gasteiger partial charge in [-0.1, -0.05) is 30.3 Å². The molecule has 7 nitrogen and oxygen atoms in total. The van der Waals surface area contributed by atoms with Crippen LogP contribution in [0.5, 0.6) is 11.5 Å². The molecule has 1 unspecified atom stereocenters. The van der Waals surface area contributed by atoms with E-state index in [1.54, 1.807) is 14.2 Å². The first-order valence-electron chi connectivity index (χ1n) is 10.4. The minimum absolute atomic E-state index is 0. The summed E-state index contributed by atoms with van der Waals surface area (Å²) in [6.45, 7) is 6.64. The van der Waals surface area contributed by atoms with Gasteiger partial charge in [-0.2, -0.15) is 0 Å². The molecule has 1 atom stereocenters. The van der Waals surface area contributed by atoms with Crippen LogP contribution in [0.25, 0.3) is 0 Å². The van der Waals surface area contributed by atoms with Crippen LogP contribution in [0.3, 0.4) is 0 Å². The zero-order valence-corrected chi connectivity index (χ0v) is 20.8. The molecule has 1 aliphatic heterocycles. The lowest BCUT2D eigenvalue weighted by atomic mass is 10.0. The van der Waals surface area contributed by atoms with Crippen molar-refractivity contribution in [3.8, 4) is 11.5 Å². The summed E-state index contributed by atoms with van der Waals surface area (Å²) in [5.74, 6) is 2.12. The fraction of sp³-hybridized carbons (Fsp3) is 0.435. The fourth-order valence-corrected chi connectivity index (χ4v) is 3.55. The highest BCUT2D eigenvalue weighted by molar-refractivity contribution is 14.0. The van der Waals surface area contributed by atoms with Crippen LogP contribution in [0.1, 0.15) is 18.5 Å². The molecule has 0 aromatic heterocycles. The van der Waals surface area contributed by atoms with Crippen molar-refractivity contribution in [1.82, 2.24) is 10.2 Å². The van der Waals surface area contributed by atoms with E-state index in [-0.39, 0.29) is 30.0 Å². The van der Waals surface area contributed by atoms with Crippen molar-refractivity contribution in [3.63, 3.8) is 0 Å². The molecule has 2 aromatic rings. The number of hydrogen-bond acceptors (Lipinski definition) is 5. The topological polar surface area (TPSA) is 67.4 Å². The molecule has 170 valence electrons. The number of anilines is 1. The van der Waals surface area contributed by atoms with E-state index in [4.69, 9.17) is 14.2 Å². The first-order valence-corrected chi connectivity index (χ1v) is 10.4. The average molecular weight is 540 g/mol. The Morgan fingerprint density at radius 2 is 1.87 bits per heavy atom. The van der Waals surface area contributed by atoms with E-state index in [2.05, 4.69) is 44.8 Å². The molecule has 0 aliphatic carbocycles. The van der Waals surface area contributed by atoms with Gasteiger partial charge in [0.15, 0.2) is 17.5 Å². The predicted octanol–water partition coefficient (Wildman–Crippen LogP) is 3.77. The van der Waals surface area contributed by atoms with Gasteiger partial charge in [-0.25, -0.2) is 0 Å². The number of halogens is 1. The van der Waals surface area contributed by atoms with Crippen LogP contribution in [0.2, 0.25) is 0 Å². The summed E-state index contributed by atoms with van der Waals surface area (Å²) in [5.41, 5.74) is 2.17. The van der Waals surface area contributed by atoms with Crippen molar-refractivity contribution >= 4 is 35.6 Å². The number of ether oxygens (including phenoxy) is 3. The largest absolute Gasteiger partial charge is 0.493 e. The van der Waals surface area contributed by atoms with E-state index in [1.165, 1.54) is 5.56 Å². The fourth-order valence-electron chi connectivity index (χ4n) is 3.55. The van der Waals surface area contributed by atoms with Crippen molar-refractivity contribution in [2.75, 3.05) is 58.9 Å². The molecule has 31 heavy (non-hydrogen) atoms. The molecule has 1 fully saturated rings. The number of methoxy groups -OCH3 is 1. The van der Waals surface area contributed by atoms with Crippen LogP contribution in [-0.2, 0) is 4.74 Å². The summed E-state index contributed by atoms with van der Waals surface area (Å²) >= 11 is 0. The van der Waals surface area contributed by atoms with Gasteiger partial charge in [-0.15, -0.1) is 24.0 Å². The van der Waals surface area contributed by atoms with Gasteiger partial charge < -0.3 is 24.8 Å². The van der Waals surface area contributed by atoms with E-state index < -0.39 is 0 Å². The Balaban J connectivity index is 0.00000341. The SMILES string of the molecule is CCOc1cc(NC(=NC)NCC(c2ccccc2)N2CCOCC2)ccc1OC.I. The van der Waals surface area contributed by atoms with Crippen LogP contribution in [-0.4, -0.2) is 64.5 Å². The first-order chi connectivity index (χ1) is 14.7. The number of benzene rings is 2. The van der Waals surface area contributed by atoms with Gasteiger partial charge in [-0.05, 0) is 24.6 Å². The van der Waals surface area contributed by atoms with Gasteiger partial charge in [0.1, 0.15) is 0 Å². The van der Waals surface area contributed by atoms with Gasteiger partial charge in [-0.3, -0.25) is 9.89 Å². The molecular weight excluding hydrogens is 507 g/mol. The van der Waals surface area contributed by atoms with Crippen LogP contribution >= 0.6 is 24.0 Å². The Labute approximate surface area is 202 Å². The lowest BCUT2D eigenvalue weighted by Gasteiger charge is -2.35. The van der Waals surface area contributed by atoms with E-state index in [0.717, 1.165) is 38.5 Å². The van der Waals surface area contributed by atoms with Gasteiger partial charge in [0.05, 0.1) is 33.0 Å². The average Bonchev–Trinajstić information content (AvgIpc) is 2.80. The minimum atomic E-state index is 0. The molecule has 0 bridgehead atoms. The molecular formula is C23H33IN4O3. The van der Waals surface area contributed by atoms with Crippen molar-refractivity contribution in [2.45, 2.75) is 13.0 Å². The Morgan fingerprint density at radius 3 is 2.52 bits per heavy atom. The maximum Gasteiger partial charge on any atom is 0.195 e. The highest BCUT2D eigenvalue weighted by Gasteiger charge is 2.22. The van der Waals surface area contributed by atoms with E-state index >= 15 is 0 Å². The Bertz CT molecular complexity index is 814. The monoisotopic (exact) mass is 540 g/mol. The number of hydrogen-bond donors (Lipinski definition) is 2. The highest BCUT2D eigenvalue weighted by atomic mass is 127. The quantitative estimate of drug-likeness (QED) is 0.302. The third kappa shape index (κ3) is 7.26. The van der Waals surface area contributed by atoms with E-state index in [0.29, 0.717) is 24.1 Å². The molecule has 0 saturated carbocycles. The summed E-state index contributed by atoms with van der Waals surface area (Å²) in [5, 5.41) is 6.83. The molecule has 1 aliphatic rings. The lowest BCUT2D eigenvalue weighted by molar-refractivity contribution is 0.0170. The van der Waals surface area contributed by atoms with Crippen molar-refractivity contribution in [3.05, 3.63) is 54.1 Å². The van der Waals surface area contributed by atoms with Gasteiger partial charge >= 0.3 is 0 Å². The molecule has 3 rings (SSSR count). The number of nitrogens with zero attached hydrogens (tertiary/aromatic N) is 2. The van der Waals surface area contributed by atoms with Crippen molar-refractivity contribution in [1.29, 1.82) is 0 Å². The lowest BCUT2D eigenvalue weighted by Crippen LogP contribution is -2.44. The maximum atomic E-state index is 5.68. The second-order valence-corrected chi connectivity index (χ2v) is 6.95. The Morgan fingerprint density at radius 1 is 1.13 bits per heavy atom. The normalized spacial score (nSPS) is 15.5. The second-order valence-electron chi connectivity index (χ2n) is 6.95. The number of nitrogens with one attached hydrogen (secondary N) is 2. The summed E-state index contributed by atoms with van der Waals surface area (Å²) in [6, 6.07) is 16.6. The van der Waals surface area contributed by atoms with Crippen LogP contribution in [0.4, 0.5) is 5.69 Å². The summed E-state index contributed by atoms with van der Waals surface area (Å²) in [7, 11) is 3.41. The smallest absolute Gasteiger partial charge is 0.195 e. The molecule has 2 aromatic carbocycles. The minimum Gasteiger partial charge on any atom is -0.493 e. The predicted molar refractivity (Wildman–Crippen MR) is 136 cm³/mol. The molecule has 8 heteroatoms. The zero-order valence-electron chi connectivity index (χ0n) is 18.5.